The van der Waals surface area contributed by atoms with Gasteiger partial charge in [-0.05, 0) is 44.7 Å². The lowest BCUT2D eigenvalue weighted by Crippen LogP contribution is -2.56. The van der Waals surface area contributed by atoms with Crippen molar-refractivity contribution in [3.05, 3.63) is 35.9 Å². The van der Waals surface area contributed by atoms with E-state index < -0.39 is 47.6 Å². The molecule has 33 heavy (non-hydrogen) atoms. The van der Waals surface area contributed by atoms with E-state index in [4.69, 9.17) is 9.47 Å². The van der Waals surface area contributed by atoms with Crippen molar-refractivity contribution in [1.82, 2.24) is 4.90 Å². The minimum absolute atomic E-state index is 0.0184. The van der Waals surface area contributed by atoms with Gasteiger partial charge < -0.3 is 19.5 Å². The lowest BCUT2D eigenvalue weighted by molar-refractivity contribution is -0.194. The standard InChI is InChI=1S/C23H28F3NO6/c1-14-13-32-11-9-18(14)27(20(29)23(24,25)26)17-8-10-22(12-17,21(30)31)15(2)33-19(28)16-6-4-3-5-7-16/h3-7,14-15,17-18H,8-13H2,1-2H3,(H,30,31)/t14-,15?,17-,18+,22+/m1/s1. The van der Waals surface area contributed by atoms with Gasteiger partial charge in [-0.2, -0.15) is 13.2 Å². The number of hydrogen-bond donors (Lipinski definition) is 1. The summed E-state index contributed by atoms with van der Waals surface area (Å²) in [6.45, 7) is 3.58. The molecular weight excluding hydrogens is 443 g/mol. The topological polar surface area (TPSA) is 93.1 Å². The van der Waals surface area contributed by atoms with Crippen molar-refractivity contribution in [3.63, 3.8) is 0 Å². The quantitative estimate of drug-likeness (QED) is 0.637. The zero-order chi connectivity index (χ0) is 24.4. The van der Waals surface area contributed by atoms with Gasteiger partial charge in [0.1, 0.15) is 11.5 Å². The molecule has 3 rings (SSSR count). The molecule has 0 bridgehead atoms. The molecule has 2 aliphatic rings. The highest BCUT2D eigenvalue weighted by Gasteiger charge is 2.56. The van der Waals surface area contributed by atoms with E-state index in [1.165, 1.54) is 19.1 Å². The highest BCUT2D eigenvalue weighted by atomic mass is 19.4. The molecule has 10 heteroatoms. The zero-order valence-electron chi connectivity index (χ0n) is 18.5. The summed E-state index contributed by atoms with van der Waals surface area (Å²) in [5.41, 5.74) is -1.36. The molecule has 2 fully saturated rings. The third-order valence-electron chi connectivity index (χ3n) is 6.84. The Hall–Kier alpha value is -2.62. The van der Waals surface area contributed by atoms with Gasteiger partial charge in [-0.15, -0.1) is 0 Å². The molecule has 1 aliphatic heterocycles. The van der Waals surface area contributed by atoms with Crippen molar-refractivity contribution < 1.29 is 42.1 Å². The van der Waals surface area contributed by atoms with Crippen LogP contribution in [0.4, 0.5) is 13.2 Å². The van der Waals surface area contributed by atoms with Gasteiger partial charge in [0.25, 0.3) is 0 Å². The Morgan fingerprint density at radius 1 is 1.21 bits per heavy atom. The first-order valence-corrected chi connectivity index (χ1v) is 10.9. The number of esters is 1. The van der Waals surface area contributed by atoms with Crippen LogP contribution in [-0.4, -0.2) is 65.4 Å². The number of ether oxygens (including phenoxy) is 2. The van der Waals surface area contributed by atoms with Crippen LogP contribution in [0.5, 0.6) is 0 Å². The maximum absolute atomic E-state index is 13.5. The minimum Gasteiger partial charge on any atom is -0.481 e. The first kappa shape index (κ1) is 25.0. The fourth-order valence-electron chi connectivity index (χ4n) is 4.95. The van der Waals surface area contributed by atoms with E-state index in [-0.39, 0.29) is 50.4 Å². The number of carboxylic acids is 1. The van der Waals surface area contributed by atoms with E-state index in [0.717, 1.165) is 4.90 Å². The Labute approximate surface area is 189 Å². The number of rotatable bonds is 6. The lowest BCUT2D eigenvalue weighted by Gasteiger charge is -2.42. The van der Waals surface area contributed by atoms with Crippen LogP contribution in [-0.2, 0) is 19.1 Å². The second kappa shape index (κ2) is 9.70. The number of alkyl halides is 3. The average molecular weight is 471 g/mol. The van der Waals surface area contributed by atoms with E-state index >= 15 is 0 Å². The van der Waals surface area contributed by atoms with Crippen molar-refractivity contribution in [1.29, 1.82) is 0 Å². The molecule has 1 N–H and O–H groups in total. The van der Waals surface area contributed by atoms with Gasteiger partial charge in [0.05, 0.1) is 12.2 Å². The summed E-state index contributed by atoms with van der Waals surface area (Å²) in [5.74, 6) is -4.29. The van der Waals surface area contributed by atoms with E-state index in [1.807, 2.05) is 0 Å². The number of nitrogens with zero attached hydrogens (tertiary/aromatic N) is 1. The highest BCUT2D eigenvalue weighted by Crippen LogP contribution is 2.46. The molecule has 0 aromatic heterocycles. The van der Waals surface area contributed by atoms with Crippen molar-refractivity contribution >= 4 is 17.8 Å². The second-order valence-electron chi connectivity index (χ2n) is 8.89. The highest BCUT2D eigenvalue weighted by molar-refractivity contribution is 5.90. The number of carbonyl (C=O) groups excluding carboxylic acids is 2. The Morgan fingerprint density at radius 2 is 1.88 bits per heavy atom. The Balaban J connectivity index is 1.85. The summed E-state index contributed by atoms with van der Waals surface area (Å²) in [7, 11) is 0. The molecule has 1 aromatic carbocycles. The van der Waals surface area contributed by atoms with Crippen LogP contribution in [0.2, 0.25) is 0 Å². The summed E-state index contributed by atoms with van der Waals surface area (Å²) in [6, 6.07) is 6.37. The molecule has 1 heterocycles. The Morgan fingerprint density at radius 3 is 2.45 bits per heavy atom. The number of carbonyl (C=O) groups is 3. The van der Waals surface area contributed by atoms with Crippen LogP contribution < -0.4 is 0 Å². The first-order chi connectivity index (χ1) is 15.5. The molecule has 0 spiro atoms. The van der Waals surface area contributed by atoms with Gasteiger partial charge in [-0.3, -0.25) is 9.59 Å². The third kappa shape index (κ3) is 5.15. The number of aliphatic carboxylic acids is 1. The molecule has 1 amide bonds. The zero-order valence-corrected chi connectivity index (χ0v) is 18.5. The number of hydrogen-bond acceptors (Lipinski definition) is 5. The summed E-state index contributed by atoms with van der Waals surface area (Å²) in [6.07, 6.45) is -6.16. The summed E-state index contributed by atoms with van der Waals surface area (Å²) in [4.78, 5) is 38.1. The van der Waals surface area contributed by atoms with Gasteiger partial charge in [-0.1, -0.05) is 25.1 Å². The van der Waals surface area contributed by atoms with E-state index in [9.17, 15) is 32.7 Å². The van der Waals surface area contributed by atoms with Gasteiger partial charge in [0.15, 0.2) is 0 Å². The third-order valence-corrected chi connectivity index (χ3v) is 6.84. The Bertz CT molecular complexity index is 877. The van der Waals surface area contributed by atoms with Crippen LogP contribution in [0.3, 0.4) is 0 Å². The predicted octanol–water partition coefficient (Wildman–Crippen LogP) is 3.67. The van der Waals surface area contributed by atoms with E-state index in [2.05, 4.69) is 0 Å². The van der Waals surface area contributed by atoms with Crippen molar-refractivity contribution in [2.45, 2.75) is 63.9 Å². The average Bonchev–Trinajstić information content (AvgIpc) is 3.22. The van der Waals surface area contributed by atoms with Crippen molar-refractivity contribution in [2.24, 2.45) is 11.3 Å². The Kier molecular flexibility index (Phi) is 7.36. The lowest BCUT2D eigenvalue weighted by atomic mass is 9.80. The normalized spacial score (nSPS) is 28.7. The molecule has 1 saturated carbocycles. The van der Waals surface area contributed by atoms with Gasteiger partial charge in [0, 0.05) is 24.6 Å². The van der Waals surface area contributed by atoms with Gasteiger partial charge in [0.2, 0.25) is 0 Å². The van der Waals surface area contributed by atoms with Crippen LogP contribution in [0.15, 0.2) is 30.3 Å². The molecule has 182 valence electrons. The smallest absolute Gasteiger partial charge is 0.471 e. The number of halogens is 3. The largest absolute Gasteiger partial charge is 0.481 e. The van der Waals surface area contributed by atoms with Crippen LogP contribution in [0.25, 0.3) is 0 Å². The number of carboxylic acid groups (broad SMARTS) is 1. The molecule has 1 unspecified atom stereocenters. The van der Waals surface area contributed by atoms with E-state index in [1.54, 1.807) is 25.1 Å². The summed E-state index contributed by atoms with van der Waals surface area (Å²) >= 11 is 0. The van der Waals surface area contributed by atoms with Crippen LogP contribution in [0, 0.1) is 11.3 Å². The molecular formula is C23H28F3NO6. The molecule has 7 nitrogen and oxygen atoms in total. The van der Waals surface area contributed by atoms with Gasteiger partial charge in [-0.25, -0.2) is 4.79 Å². The predicted molar refractivity (Wildman–Crippen MR) is 110 cm³/mol. The minimum atomic E-state index is -5.09. The van der Waals surface area contributed by atoms with Crippen LogP contribution in [0.1, 0.15) is 49.9 Å². The maximum Gasteiger partial charge on any atom is 0.471 e. The van der Waals surface area contributed by atoms with Crippen LogP contribution >= 0.6 is 0 Å². The number of benzene rings is 1. The summed E-state index contributed by atoms with van der Waals surface area (Å²) in [5, 5.41) is 10.0. The van der Waals surface area contributed by atoms with E-state index in [0.29, 0.717) is 0 Å². The SMILES string of the molecule is CC(OC(=O)c1ccccc1)[C@]1(C(=O)O)CC[C@@H](N(C(=O)C(F)(F)F)[C@H]2CCOC[C@H]2C)C1. The molecule has 5 atom stereocenters. The molecule has 1 aromatic rings. The monoisotopic (exact) mass is 471 g/mol. The summed E-state index contributed by atoms with van der Waals surface area (Å²) < 4.78 is 51.3. The fraction of sp³-hybridized carbons (Fsp3) is 0.609. The first-order valence-electron chi connectivity index (χ1n) is 10.9. The molecule has 1 aliphatic carbocycles. The molecule has 1 saturated heterocycles. The molecule has 0 radical (unpaired) electrons. The van der Waals surface area contributed by atoms with Crippen molar-refractivity contribution in [3.8, 4) is 0 Å². The second-order valence-corrected chi connectivity index (χ2v) is 8.89. The fourth-order valence-corrected chi connectivity index (χ4v) is 4.95. The maximum atomic E-state index is 13.5. The van der Waals surface area contributed by atoms with Crippen molar-refractivity contribution in [2.75, 3.05) is 13.2 Å². The number of amides is 1. The van der Waals surface area contributed by atoms with Gasteiger partial charge >= 0.3 is 24.0 Å².